The van der Waals surface area contributed by atoms with E-state index in [0.29, 0.717) is 17.5 Å². The van der Waals surface area contributed by atoms with E-state index < -0.39 is 0 Å². The molecule has 166 valence electrons. The highest BCUT2D eigenvalue weighted by molar-refractivity contribution is 7.80. The highest BCUT2D eigenvalue weighted by Gasteiger charge is 2.22. The molecular weight excluding hydrogens is 396 g/mol. The van der Waals surface area contributed by atoms with Gasteiger partial charge in [-0.2, -0.15) is 0 Å². The molecule has 1 aliphatic rings. The fourth-order valence-corrected chi connectivity index (χ4v) is 4.46. The van der Waals surface area contributed by atoms with Crippen LogP contribution < -0.4 is 16.4 Å². The minimum absolute atomic E-state index is 0.0247. The summed E-state index contributed by atoms with van der Waals surface area (Å²) in [5.41, 5.74) is 10.8. The molecule has 0 unspecified atom stereocenters. The summed E-state index contributed by atoms with van der Waals surface area (Å²) in [6, 6.07) is 0. The van der Waals surface area contributed by atoms with Gasteiger partial charge in [-0.1, -0.05) is 0 Å². The van der Waals surface area contributed by atoms with Gasteiger partial charge in [-0.3, -0.25) is 0 Å². The van der Waals surface area contributed by atoms with Crippen LogP contribution in [0.5, 0.6) is 0 Å². The molecule has 1 aliphatic carbocycles. The number of hydrogen-bond acceptors (Lipinski definition) is 5. The Hall–Kier alpha value is -1.93. The Kier molecular flexibility index (Phi) is 7.52. The zero-order valence-electron chi connectivity index (χ0n) is 18.8. The number of hydrogen-bond donors (Lipinski definition) is 3. The zero-order chi connectivity index (χ0) is 21.7. The van der Waals surface area contributed by atoms with Crippen LogP contribution in [-0.4, -0.2) is 45.4 Å². The lowest BCUT2D eigenvalue weighted by molar-refractivity contribution is 0.199. The molecule has 0 aromatic carbocycles. The smallest absolute Gasteiger partial charge is 0.166 e. The minimum Gasteiger partial charge on any atom is -0.384 e. The second kappa shape index (κ2) is 9.92. The van der Waals surface area contributed by atoms with Crippen LogP contribution in [-0.2, 0) is 30.5 Å². The summed E-state index contributed by atoms with van der Waals surface area (Å²) < 4.78 is 7.68. The number of imidazole rings is 1. The van der Waals surface area contributed by atoms with Gasteiger partial charge in [0.05, 0.1) is 12.1 Å². The maximum atomic E-state index is 6.30. The van der Waals surface area contributed by atoms with Crippen molar-refractivity contribution in [2.45, 2.75) is 77.8 Å². The van der Waals surface area contributed by atoms with E-state index in [1.165, 1.54) is 23.9 Å². The molecule has 0 amide bonds. The van der Waals surface area contributed by atoms with E-state index in [9.17, 15) is 0 Å². The van der Waals surface area contributed by atoms with Crippen molar-refractivity contribution in [1.29, 1.82) is 0 Å². The number of nitrogen functional groups attached to an aromatic ring is 1. The number of unbranched alkanes of at least 4 members (excludes halogenated alkanes) is 1. The maximum Gasteiger partial charge on any atom is 0.166 e. The summed E-state index contributed by atoms with van der Waals surface area (Å²) in [4.78, 5) is 9.55. The van der Waals surface area contributed by atoms with Crippen LogP contribution in [0.3, 0.4) is 0 Å². The van der Waals surface area contributed by atoms with E-state index in [4.69, 9.17) is 27.7 Å². The third kappa shape index (κ3) is 5.60. The number of nitrogens with one attached hydrogen (secondary N) is 2. The first kappa shape index (κ1) is 22.7. The normalized spacial score (nSPS) is 14.0. The Labute approximate surface area is 185 Å². The molecular formula is C22H36N6OS. The van der Waals surface area contributed by atoms with Crippen molar-refractivity contribution in [2.24, 2.45) is 0 Å². The fraction of sp³-hybridized carbons (Fsp3) is 0.682. The number of rotatable bonds is 8. The van der Waals surface area contributed by atoms with Gasteiger partial charge in [-0.25, -0.2) is 9.97 Å². The van der Waals surface area contributed by atoms with Gasteiger partial charge in [0.25, 0.3) is 0 Å². The molecule has 3 rings (SSSR count). The van der Waals surface area contributed by atoms with Gasteiger partial charge in [0.15, 0.2) is 10.9 Å². The van der Waals surface area contributed by atoms with Crippen LogP contribution >= 0.6 is 12.2 Å². The first-order chi connectivity index (χ1) is 14.3. The summed E-state index contributed by atoms with van der Waals surface area (Å²) in [6.07, 6.45) is 7.29. The Morgan fingerprint density at radius 1 is 1.20 bits per heavy atom. The second-order valence-electron chi connectivity index (χ2n) is 9.09. The number of thiocarbonyl (C=S) groups is 1. The summed E-state index contributed by atoms with van der Waals surface area (Å²) in [5, 5.41) is 7.31. The molecule has 0 atom stereocenters. The van der Waals surface area contributed by atoms with E-state index >= 15 is 0 Å². The van der Waals surface area contributed by atoms with Crippen LogP contribution in [0.25, 0.3) is 11.0 Å². The van der Waals surface area contributed by atoms with Crippen LogP contribution in [0.2, 0.25) is 0 Å². The average molecular weight is 433 g/mol. The molecule has 0 aliphatic heterocycles. The predicted molar refractivity (Wildman–Crippen MR) is 127 cm³/mol. The van der Waals surface area contributed by atoms with Crippen LogP contribution in [0.1, 0.15) is 63.5 Å². The molecule has 30 heavy (non-hydrogen) atoms. The fourth-order valence-electron chi connectivity index (χ4n) is 4.06. The van der Waals surface area contributed by atoms with Gasteiger partial charge in [0.1, 0.15) is 11.3 Å². The number of methoxy groups -OCH3 is 1. The maximum absolute atomic E-state index is 6.30. The van der Waals surface area contributed by atoms with Gasteiger partial charge in [0.2, 0.25) is 0 Å². The standard InChI is InChI=1S/C22H36N6OS/c1-22(2,3)27-21(30)24-12-7-8-13-28-17(11-14-29-4)26-18-19(28)15-9-5-6-10-16(15)25-20(18)23/h5-14H2,1-4H3,(H2,23,25)(H2,24,27,30). The molecule has 0 bridgehead atoms. The Morgan fingerprint density at radius 2 is 1.97 bits per heavy atom. The number of nitrogens with zero attached hydrogens (tertiary/aromatic N) is 3. The molecule has 0 spiro atoms. The topological polar surface area (TPSA) is 90.0 Å². The number of anilines is 1. The van der Waals surface area contributed by atoms with Crippen LogP contribution in [0.15, 0.2) is 0 Å². The first-order valence-electron chi connectivity index (χ1n) is 11.0. The molecule has 2 heterocycles. The van der Waals surface area contributed by atoms with Crippen molar-refractivity contribution in [1.82, 2.24) is 25.2 Å². The number of nitrogens with two attached hydrogens (primary N) is 1. The Bertz CT molecular complexity index is 886. The van der Waals surface area contributed by atoms with E-state index in [1.54, 1.807) is 7.11 Å². The Balaban J connectivity index is 1.73. The van der Waals surface area contributed by atoms with Crippen LogP contribution in [0.4, 0.5) is 5.82 Å². The zero-order valence-corrected chi connectivity index (χ0v) is 19.6. The summed E-state index contributed by atoms with van der Waals surface area (Å²) in [7, 11) is 1.73. The Morgan fingerprint density at radius 3 is 2.70 bits per heavy atom. The van der Waals surface area contributed by atoms with Gasteiger partial charge in [0, 0.05) is 37.9 Å². The van der Waals surface area contributed by atoms with E-state index in [1.807, 2.05) is 0 Å². The largest absolute Gasteiger partial charge is 0.384 e. The van der Waals surface area contributed by atoms with Crippen LogP contribution in [0, 0.1) is 0 Å². The third-order valence-corrected chi connectivity index (χ3v) is 5.63. The lowest BCUT2D eigenvalue weighted by Gasteiger charge is -2.23. The quantitative estimate of drug-likeness (QED) is 0.436. The van der Waals surface area contributed by atoms with Crippen molar-refractivity contribution < 1.29 is 4.74 Å². The number of aromatic nitrogens is 3. The average Bonchev–Trinajstić information content (AvgIpc) is 3.04. The lowest BCUT2D eigenvalue weighted by Crippen LogP contribution is -2.46. The van der Waals surface area contributed by atoms with Crippen molar-refractivity contribution in [3.8, 4) is 0 Å². The number of fused-ring (bicyclic) bond motifs is 3. The molecule has 0 saturated carbocycles. The first-order valence-corrected chi connectivity index (χ1v) is 11.4. The molecule has 0 fully saturated rings. The van der Waals surface area contributed by atoms with Gasteiger partial charge < -0.3 is 25.7 Å². The number of aryl methyl sites for hydroxylation is 3. The monoisotopic (exact) mass is 432 g/mol. The van der Waals surface area contributed by atoms with E-state index in [0.717, 1.165) is 62.2 Å². The summed E-state index contributed by atoms with van der Waals surface area (Å²) in [5.74, 6) is 1.60. The van der Waals surface area contributed by atoms with Gasteiger partial charge in [-0.05, 0) is 77.1 Å². The highest BCUT2D eigenvalue weighted by Crippen LogP contribution is 2.31. The minimum atomic E-state index is -0.0247. The van der Waals surface area contributed by atoms with E-state index in [-0.39, 0.29) is 5.54 Å². The lowest BCUT2D eigenvalue weighted by atomic mass is 9.95. The second-order valence-corrected chi connectivity index (χ2v) is 9.50. The SMILES string of the molecule is COCCc1nc2c(N)nc3c(c2n1CCCCNC(=S)NC(C)(C)C)CCCC3. The number of ether oxygens (including phenoxy) is 1. The van der Waals surface area contributed by atoms with Crippen molar-refractivity contribution >= 4 is 34.2 Å². The molecule has 8 heteroatoms. The number of pyridine rings is 1. The van der Waals surface area contributed by atoms with Crippen molar-refractivity contribution in [3.05, 3.63) is 17.1 Å². The van der Waals surface area contributed by atoms with E-state index in [2.05, 4.69) is 41.0 Å². The third-order valence-electron chi connectivity index (χ3n) is 5.38. The summed E-state index contributed by atoms with van der Waals surface area (Å²) >= 11 is 5.37. The summed E-state index contributed by atoms with van der Waals surface area (Å²) in [6.45, 7) is 8.72. The van der Waals surface area contributed by atoms with Gasteiger partial charge in [-0.15, -0.1) is 0 Å². The molecule has 0 radical (unpaired) electrons. The van der Waals surface area contributed by atoms with Crippen molar-refractivity contribution in [2.75, 3.05) is 26.0 Å². The molecule has 2 aromatic heterocycles. The predicted octanol–water partition coefficient (Wildman–Crippen LogP) is 3.12. The van der Waals surface area contributed by atoms with Crippen molar-refractivity contribution in [3.63, 3.8) is 0 Å². The van der Waals surface area contributed by atoms with Gasteiger partial charge >= 0.3 is 0 Å². The molecule has 0 saturated heterocycles. The highest BCUT2D eigenvalue weighted by atomic mass is 32.1. The molecule has 4 N–H and O–H groups in total. The molecule has 7 nitrogen and oxygen atoms in total. The molecule has 2 aromatic rings.